The molecule has 0 aliphatic heterocycles. The van der Waals surface area contributed by atoms with Gasteiger partial charge in [-0.3, -0.25) is 4.90 Å². The first kappa shape index (κ1) is 16.0. The molecule has 0 radical (unpaired) electrons. The summed E-state index contributed by atoms with van der Waals surface area (Å²) < 4.78 is 5.55. The fraction of sp³-hybridized carbons (Fsp3) is 0.625. The number of likely N-dealkylation sites (N-methyl/N-ethyl adjacent to an activating group) is 1. The zero-order chi connectivity index (χ0) is 14.5. The molecule has 19 heavy (non-hydrogen) atoms. The Bertz CT molecular complexity index is 402. The summed E-state index contributed by atoms with van der Waals surface area (Å²) in [5.41, 5.74) is 2.32. The number of aliphatic hydroxyl groups excluding tert-OH is 1. The summed E-state index contributed by atoms with van der Waals surface area (Å²) in [6.45, 7) is 9.99. The van der Waals surface area contributed by atoms with Crippen LogP contribution in [0.1, 0.15) is 31.9 Å². The number of hydrogen-bond acceptors (Lipinski definition) is 3. The van der Waals surface area contributed by atoms with Crippen molar-refractivity contribution in [1.82, 2.24) is 4.90 Å². The van der Waals surface area contributed by atoms with Crippen molar-refractivity contribution >= 4 is 0 Å². The first-order valence-corrected chi connectivity index (χ1v) is 6.95. The van der Waals surface area contributed by atoms with Gasteiger partial charge in [-0.05, 0) is 58.4 Å². The molecule has 0 aliphatic carbocycles. The third-order valence-electron chi connectivity index (χ3n) is 3.70. The monoisotopic (exact) mass is 265 g/mol. The van der Waals surface area contributed by atoms with E-state index in [1.54, 1.807) is 0 Å². The second-order valence-corrected chi connectivity index (χ2v) is 5.67. The Morgan fingerprint density at radius 2 is 2.00 bits per heavy atom. The second-order valence-electron chi connectivity index (χ2n) is 5.67. The van der Waals surface area contributed by atoms with Gasteiger partial charge >= 0.3 is 0 Å². The Morgan fingerprint density at radius 1 is 1.32 bits per heavy atom. The molecule has 0 aliphatic rings. The van der Waals surface area contributed by atoms with E-state index in [1.807, 2.05) is 13.0 Å². The molecule has 0 spiro atoms. The van der Waals surface area contributed by atoms with Crippen LogP contribution >= 0.6 is 0 Å². The number of benzene rings is 1. The summed E-state index contributed by atoms with van der Waals surface area (Å²) in [6.07, 6.45) is 0.979. The van der Waals surface area contributed by atoms with Crippen molar-refractivity contribution in [2.45, 2.75) is 39.7 Å². The van der Waals surface area contributed by atoms with Gasteiger partial charge in [0.25, 0.3) is 0 Å². The number of aryl methyl sites for hydroxylation is 1. The predicted octanol–water partition coefficient (Wildman–Crippen LogP) is 2.64. The fourth-order valence-corrected chi connectivity index (χ4v) is 1.90. The van der Waals surface area contributed by atoms with Gasteiger partial charge in [-0.2, -0.15) is 0 Å². The number of aliphatic hydroxyl groups is 1. The number of ether oxygens (including phenoxy) is 1. The van der Waals surface area contributed by atoms with Crippen LogP contribution in [0.25, 0.3) is 0 Å². The van der Waals surface area contributed by atoms with Crippen LogP contribution in [0.15, 0.2) is 18.2 Å². The molecule has 0 unspecified atom stereocenters. The van der Waals surface area contributed by atoms with Crippen molar-refractivity contribution in [3.05, 3.63) is 29.3 Å². The zero-order valence-corrected chi connectivity index (χ0v) is 12.9. The highest BCUT2D eigenvalue weighted by Crippen LogP contribution is 2.20. The molecule has 0 aromatic heterocycles. The molecule has 3 heteroatoms. The molecule has 1 aromatic rings. The minimum atomic E-state index is -0.166. The lowest BCUT2D eigenvalue weighted by atomic mass is 10.0. The van der Waals surface area contributed by atoms with Gasteiger partial charge in [0.15, 0.2) is 0 Å². The van der Waals surface area contributed by atoms with E-state index in [-0.39, 0.29) is 12.1 Å². The average molecular weight is 265 g/mol. The van der Waals surface area contributed by atoms with Crippen molar-refractivity contribution < 1.29 is 9.84 Å². The standard InChI is InChI=1S/C16H27NO2/c1-6-19-15-8-7-14(11-13(15)2)9-10-17(5)16(3,4)12-18/h7-8,11,18H,6,9-10,12H2,1-5H3. The zero-order valence-electron chi connectivity index (χ0n) is 12.9. The summed E-state index contributed by atoms with van der Waals surface area (Å²) in [7, 11) is 2.05. The lowest BCUT2D eigenvalue weighted by molar-refractivity contribution is 0.0801. The van der Waals surface area contributed by atoms with Gasteiger partial charge < -0.3 is 9.84 Å². The molecule has 3 nitrogen and oxygen atoms in total. The molecular weight excluding hydrogens is 238 g/mol. The Labute approximate surface area is 117 Å². The van der Waals surface area contributed by atoms with Crippen molar-refractivity contribution in [1.29, 1.82) is 0 Å². The van der Waals surface area contributed by atoms with E-state index in [0.29, 0.717) is 6.61 Å². The highest BCUT2D eigenvalue weighted by Gasteiger charge is 2.21. The van der Waals surface area contributed by atoms with Crippen molar-refractivity contribution in [2.24, 2.45) is 0 Å². The molecule has 0 amide bonds. The molecule has 0 heterocycles. The average Bonchev–Trinajstić information content (AvgIpc) is 2.39. The highest BCUT2D eigenvalue weighted by molar-refractivity contribution is 5.36. The van der Waals surface area contributed by atoms with E-state index in [4.69, 9.17) is 4.74 Å². The Kier molecular flexibility index (Phi) is 5.83. The van der Waals surface area contributed by atoms with E-state index >= 15 is 0 Å². The summed E-state index contributed by atoms with van der Waals surface area (Å²) in [4.78, 5) is 2.19. The third kappa shape index (κ3) is 4.51. The third-order valence-corrected chi connectivity index (χ3v) is 3.70. The van der Waals surface area contributed by atoms with Crippen LogP contribution in [0.5, 0.6) is 5.75 Å². The van der Waals surface area contributed by atoms with Crippen LogP contribution in [0.2, 0.25) is 0 Å². The maximum atomic E-state index is 9.34. The van der Waals surface area contributed by atoms with Crippen LogP contribution in [-0.2, 0) is 6.42 Å². The maximum absolute atomic E-state index is 9.34. The van der Waals surface area contributed by atoms with Gasteiger partial charge in [-0.25, -0.2) is 0 Å². The van der Waals surface area contributed by atoms with Crippen LogP contribution in [0, 0.1) is 6.92 Å². The van der Waals surface area contributed by atoms with Gasteiger partial charge in [0.05, 0.1) is 13.2 Å². The summed E-state index contributed by atoms with van der Waals surface area (Å²) in [5, 5.41) is 9.34. The largest absolute Gasteiger partial charge is 0.494 e. The van der Waals surface area contributed by atoms with Gasteiger partial charge in [-0.1, -0.05) is 12.1 Å². The first-order valence-electron chi connectivity index (χ1n) is 6.95. The molecule has 1 aromatic carbocycles. The van der Waals surface area contributed by atoms with Crippen LogP contribution in [0.3, 0.4) is 0 Å². The van der Waals surface area contributed by atoms with Gasteiger partial charge in [0.2, 0.25) is 0 Å². The SMILES string of the molecule is CCOc1ccc(CCN(C)C(C)(C)CO)cc1C. The van der Waals surface area contributed by atoms with Gasteiger partial charge in [0, 0.05) is 12.1 Å². The van der Waals surface area contributed by atoms with Crippen molar-refractivity contribution in [2.75, 3.05) is 26.8 Å². The van der Waals surface area contributed by atoms with Crippen molar-refractivity contribution in [3.63, 3.8) is 0 Å². The first-order chi connectivity index (χ1) is 8.90. The van der Waals surface area contributed by atoms with Crippen LogP contribution < -0.4 is 4.74 Å². The number of rotatable bonds is 7. The van der Waals surface area contributed by atoms with Crippen LogP contribution in [-0.4, -0.2) is 42.4 Å². The molecule has 0 saturated heterocycles. The van der Waals surface area contributed by atoms with Gasteiger partial charge in [-0.15, -0.1) is 0 Å². The van der Waals surface area contributed by atoms with Crippen molar-refractivity contribution in [3.8, 4) is 5.75 Å². The molecule has 108 valence electrons. The minimum absolute atomic E-state index is 0.166. The molecule has 0 saturated carbocycles. The quantitative estimate of drug-likeness (QED) is 0.822. The Balaban J connectivity index is 2.61. The normalized spacial score (nSPS) is 11.9. The summed E-state index contributed by atoms with van der Waals surface area (Å²) in [6, 6.07) is 6.36. The topological polar surface area (TPSA) is 32.7 Å². The van der Waals surface area contributed by atoms with E-state index in [2.05, 4.69) is 44.9 Å². The smallest absolute Gasteiger partial charge is 0.122 e. The lowest BCUT2D eigenvalue weighted by Gasteiger charge is -2.33. The van der Waals surface area contributed by atoms with E-state index < -0.39 is 0 Å². The minimum Gasteiger partial charge on any atom is -0.494 e. The van der Waals surface area contributed by atoms with E-state index in [9.17, 15) is 5.11 Å². The molecule has 0 atom stereocenters. The molecule has 0 fully saturated rings. The van der Waals surface area contributed by atoms with Crippen LogP contribution in [0.4, 0.5) is 0 Å². The molecule has 0 bridgehead atoms. The van der Waals surface area contributed by atoms with E-state index in [1.165, 1.54) is 11.1 Å². The second kappa shape index (κ2) is 6.92. The summed E-state index contributed by atoms with van der Waals surface area (Å²) >= 11 is 0. The maximum Gasteiger partial charge on any atom is 0.122 e. The molecular formula is C16H27NO2. The number of nitrogens with zero attached hydrogens (tertiary/aromatic N) is 1. The predicted molar refractivity (Wildman–Crippen MR) is 79.8 cm³/mol. The van der Waals surface area contributed by atoms with E-state index in [0.717, 1.165) is 18.7 Å². The Morgan fingerprint density at radius 3 is 2.53 bits per heavy atom. The summed E-state index contributed by atoms with van der Waals surface area (Å²) in [5.74, 6) is 0.968. The lowest BCUT2D eigenvalue weighted by Crippen LogP contribution is -2.45. The molecule has 1 N–H and O–H groups in total. The van der Waals surface area contributed by atoms with Gasteiger partial charge in [0.1, 0.15) is 5.75 Å². The fourth-order valence-electron chi connectivity index (χ4n) is 1.90. The molecule has 1 rings (SSSR count). The highest BCUT2D eigenvalue weighted by atomic mass is 16.5. The Hall–Kier alpha value is -1.06. The number of hydrogen-bond donors (Lipinski definition) is 1.